The van der Waals surface area contributed by atoms with Gasteiger partial charge in [0, 0.05) is 17.7 Å². The molecular weight excluding hydrogens is 426 g/mol. The van der Waals surface area contributed by atoms with Crippen LogP contribution >= 0.6 is 11.6 Å². The zero-order valence-electron chi connectivity index (χ0n) is 15.9. The summed E-state index contributed by atoms with van der Waals surface area (Å²) in [6, 6.07) is 8.36. The van der Waals surface area contributed by atoms with Crippen molar-refractivity contribution in [3.63, 3.8) is 0 Å². The van der Waals surface area contributed by atoms with Gasteiger partial charge in [-0.25, -0.2) is 13.5 Å². The molecule has 0 bridgehead atoms. The molecule has 1 aliphatic rings. The number of nitrogens with one attached hydrogen (secondary N) is 2. The van der Waals surface area contributed by atoms with Crippen LogP contribution in [0.5, 0.6) is 0 Å². The number of hydrogen-bond acceptors (Lipinski definition) is 5. The van der Waals surface area contributed by atoms with Gasteiger partial charge in [0.25, 0.3) is 5.91 Å². The number of carbonyl (C=O) groups is 1. The Balaban J connectivity index is 1.50. The summed E-state index contributed by atoms with van der Waals surface area (Å²) in [6.45, 7) is 0. The van der Waals surface area contributed by atoms with Gasteiger partial charge in [0.15, 0.2) is 11.6 Å². The van der Waals surface area contributed by atoms with Crippen LogP contribution in [0.3, 0.4) is 0 Å². The zero-order valence-corrected chi connectivity index (χ0v) is 16.7. The van der Waals surface area contributed by atoms with E-state index in [1.165, 1.54) is 23.1 Å². The topological polar surface area (TPSA) is 84.7 Å². The van der Waals surface area contributed by atoms with E-state index in [0.29, 0.717) is 33.0 Å². The van der Waals surface area contributed by atoms with Crippen molar-refractivity contribution in [1.29, 1.82) is 0 Å². The predicted octanol–water partition coefficient (Wildman–Crippen LogP) is 4.38. The third-order valence-corrected chi connectivity index (χ3v) is 5.26. The van der Waals surface area contributed by atoms with Crippen LogP contribution in [0.2, 0.25) is 5.02 Å². The summed E-state index contributed by atoms with van der Waals surface area (Å²) in [7, 11) is 0. The molecule has 7 nitrogen and oxygen atoms in total. The molecule has 4 aromatic rings. The highest BCUT2D eigenvalue weighted by Crippen LogP contribution is 2.30. The molecule has 2 N–H and O–H groups in total. The number of halogens is 3. The molecule has 0 saturated heterocycles. The Morgan fingerprint density at radius 3 is 2.74 bits per heavy atom. The maximum Gasteiger partial charge on any atom is 0.251 e. The molecule has 156 valence electrons. The van der Waals surface area contributed by atoms with E-state index in [0.717, 1.165) is 25.0 Å². The number of carbonyl (C=O) groups excluding carboxylic acids is 1. The van der Waals surface area contributed by atoms with Crippen LogP contribution in [-0.4, -0.2) is 31.9 Å². The minimum absolute atomic E-state index is 0.0760. The Bertz CT molecular complexity index is 1320. The molecule has 0 unspecified atom stereocenters. The maximum atomic E-state index is 14.2. The summed E-state index contributed by atoms with van der Waals surface area (Å²) in [5, 5.41) is 19.2. The second kappa shape index (κ2) is 7.59. The first-order valence-corrected chi connectivity index (χ1v) is 9.89. The van der Waals surface area contributed by atoms with Crippen LogP contribution in [0, 0.1) is 11.6 Å². The van der Waals surface area contributed by atoms with Crippen LogP contribution < -0.4 is 10.6 Å². The van der Waals surface area contributed by atoms with Crippen molar-refractivity contribution in [2.75, 3.05) is 5.32 Å². The second-order valence-corrected chi connectivity index (χ2v) is 7.62. The van der Waals surface area contributed by atoms with Gasteiger partial charge < -0.3 is 10.6 Å². The van der Waals surface area contributed by atoms with Gasteiger partial charge >= 0.3 is 0 Å². The van der Waals surface area contributed by atoms with Crippen molar-refractivity contribution in [3.8, 4) is 5.69 Å². The van der Waals surface area contributed by atoms with E-state index in [1.807, 2.05) is 0 Å². The normalized spacial score (nSPS) is 13.4. The van der Waals surface area contributed by atoms with E-state index in [2.05, 4.69) is 25.9 Å². The summed E-state index contributed by atoms with van der Waals surface area (Å²) in [4.78, 5) is 12.4. The molecule has 5 rings (SSSR count). The molecule has 2 aromatic heterocycles. The molecule has 1 amide bonds. The van der Waals surface area contributed by atoms with Gasteiger partial charge in [-0.2, -0.15) is 10.2 Å². The average Bonchev–Trinajstić information content (AvgIpc) is 3.46. The van der Waals surface area contributed by atoms with E-state index >= 15 is 0 Å². The van der Waals surface area contributed by atoms with E-state index in [9.17, 15) is 13.6 Å². The van der Waals surface area contributed by atoms with Crippen molar-refractivity contribution in [2.24, 2.45) is 0 Å². The smallest absolute Gasteiger partial charge is 0.251 e. The molecule has 1 saturated carbocycles. The van der Waals surface area contributed by atoms with Crippen molar-refractivity contribution in [1.82, 2.24) is 25.3 Å². The number of fused-ring (bicyclic) bond motifs is 1. The molecule has 0 radical (unpaired) electrons. The van der Waals surface area contributed by atoms with Gasteiger partial charge in [-0.05, 0) is 43.2 Å². The molecule has 10 heteroatoms. The van der Waals surface area contributed by atoms with Gasteiger partial charge in [-0.3, -0.25) is 4.79 Å². The molecule has 31 heavy (non-hydrogen) atoms. The summed E-state index contributed by atoms with van der Waals surface area (Å²) in [5.74, 6) is -1.28. The number of benzene rings is 2. The third kappa shape index (κ3) is 3.79. The Kier molecular flexibility index (Phi) is 4.74. The highest BCUT2D eigenvalue weighted by Gasteiger charge is 2.24. The van der Waals surface area contributed by atoms with Crippen molar-refractivity contribution in [3.05, 3.63) is 71.0 Å². The lowest BCUT2D eigenvalue weighted by Gasteiger charge is -2.11. The lowest BCUT2D eigenvalue weighted by molar-refractivity contribution is 0.0951. The summed E-state index contributed by atoms with van der Waals surface area (Å²) >= 11 is 6.31. The highest BCUT2D eigenvalue weighted by atomic mass is 35.5. The molecule has 1 aliphatic carbocycles. The molecular formula is C21H15ClF2N6O. The first-order valence-electron chi connectivity index (χ1n) is 9.52. The Morgan fingerprint density at radius 2 is 1.97 bits per heavy atom. The largest absolute Gasteiger partial charge is 0.349 e. The van der Waals surface area contributed by atoms with Gasteiger partial charge in [-0.15, -0.1) is 5.10 Å². The van der Waals surface area contributed by atoms with E-state index in [4.69, 9.17) is 11.6 Å². The number of hydrogen-bond donors (Lipinski definition) is 2. The Labute approximate surface area is 180 Å². The minimum Gasteiger partial charge on any atom is -0.349 e. The number of anilines is 2. The monoisotopic (exact) mass is 440 g/mol. The molecule has 0 atom stereocenters. The summed E-state index contributed by atoms with van der Waals surface area (Å²) in [6.07, 6.45) is 4.89. The second-order valence-electron chi connectivity index (χ2n) is 7.21. The van der Waals surface area contributed by atoms with Crippen LogP contribution in [0.4, 0.5) is 20.3 Å². The fourth-order valence-electron chi connectivity index (χ4n) is 3.18. The van der Waals surface area contributed by atoms with E-state index in [-0.39, 0.29) is 17.6 Å². The van der Waals surface area contributed by atoms with Crippen LogP contribution in [0.15, 0.2) is 48.8 Å². The Morgan fingerprint density at radius 1 is 1.13 bits per heavy atom. The lowest BCUT2D eigenvalue weighted by atomic mass is 10.2. The molecule has 2 aromatic carbocycles. The van der Waals surface area contributed by atoms with E-state index in [1.54, 1.807) is 18.2 Å². The molecule has 2 heterocycles. The van der Waals surface area contributed by atoms with Crippen LogP contribution in [0.1, 0.15) is 23.2 Å². The highest BCUT2D eigenvalue weighted by molar-refractivity contribution is 6.33. The van der Waals surface area contributed by atoms with Gasteiger partial charge in [0.1, 0.15) is 11.5 Å². The van der Waals surface area contributed by atoms with Crippen molar-refractivity contribution >= 4 is 39.9 Å². The fourth-order valence-corrected chi connectivity index (χ4v) is 3.35. The van der Waals surface area contributed by atoms with Crippen molar-refractivity contribution < 1.29 is 13.6 Å². The van der Waals surface area contributed by atoms with Gasteiger partial charge in [-0.1, -0.05) is 11.6 Å². The summed E-state index contributed by atoms with van der Waals surface area (Å²) in [5.41, 5.74) is 1.46. The zero-order chi connectivity index (χ0) is 21.5. The first-order chi connectivity index (χ1) is 15.0. The fraction of sp³-hybridized carbons (Fsp3) is 0.143. The lowest BCUT2D eigenvalue weighted by Crippen LogP contribution is -2.25. The predicted molar refractivity (Wildman–Crippen MR) is 112 cm³/mol. The molecule has 1 fully saturated rings. The average molecular weight is 441 g/mol. The first kappa shape index (κ1) is 19.4. The van der Waals surface area contributed by atoms with E-state index < -0.39 is 11.6 Å². The molecule has 0 spiro atoms. The quantitative estimate of drug-likeness (QED) is 0.481. The number of aromatic nitrogens is 4. The maximum absolute atomic E-state index is 14.2. The van der Waals surface area contributed by atoms with Crippen LogP contribution in [-0.2, 0) is 0 Å². The molecule has 0 aliphatic heterocycles. The Hall–Kier alpha value is -3.59. The SMILES string of the molecule is O=C(NC1CC1)c1ccc(Cl)c(Nc2nncc3c2cnn3-c2ccc(F)cc2F)c1. The number of nitrogens with zero attached hydrogens (tertiary/aromatic N) is 4. The van der Waals surface area contributed by atoms with Crippen LogP contribution in [0.25, 0.3) is 16.6 Å². The summed E-state index contributed by atoms with van der Waals surface area (Å²) < 4.78 is 28.8. The third-order valence-electron chi connectivity index (χ3n) is 4.93. The number of amides is 1. The minimum atomic E-state index is -0.756. The van der Waals surface area contributed by atoms with Gasteiger partial charge in [0.2, 0.25) is 0 Å². The number of rotatable bonds is 5. The van der Waals surface area contributed by atoms with Crippen molar-refractivity contribution in [2.45, 2.75) is 18.9 Å². The van der Waals surface area contributed by atoms with Gasteiger partial charge in [0.05, 0.1) is 34.0 Å². The standard InChI is InChI=1S/C21H15ClF2N6O/c22-15-5-1-11(21(31)27-13-3-4-13)7-17(15)28-20-14-9-26-30(19(14)10-25-29-20)18-6-2-12(23)8-16(18)24/h1-2,5-10,13H,3-4H2,(H,27,31)(H,28,29).